The van der Waals surface area contributed by atoms with Crippen molar-refractivity contribution in [1.82, 2.24) is 0 Å². The number of ether oxygens (including phenoxy) is 4. The van der Waals surface area contributed by atoms with E-state index in [2.05, 4.69) is 48.1 Å². The van der Waals surface area contributed by atoms with Crippen molar-refractivity contribution in [2.24, 2.45) is 17.0 Å². The van der Waals surface area contributed by atoms with Crippen molar-refractivity contribution in [2.75, 3.05) is 19.8 Å². The standard InChI is InChI=1S/C26H35N3O4/c1-19(14-28-29-27)15-30-18-24-26(32-17-23-12-8-5-9-13-23)20(2)25(21(3)33-24)31-16-22-10-6-4-7-11-22/h4-13,19-21,24-26H,14-18H2,1-3H3/t19?,20-,21-,24?,25?,26-/m1/s1. The Kier molecular flexibility index (Phi) is 10.2. The van der Waals surface area contributed by atoms with Crippen LogP contribution in [0.15, 0.2) is 65.8 Å². The second kappa shape index (κ2) is 13.3. The minimum absolute atomic E-state index is 0.0884. The van der Waals surface area contributed by atoms with Gasteiger partial charge >= 0.3 is 0 Å². The molecule has 178 valence electrons. The van der Waals surface area contributed by atoms with Gasteiger partial charge in [-0.25, -0.2) is 0 Å². The van der Waals surface area contributed by atoms with Crippen molar-refractivity contribution in [2.45, 2.75) is 58.4 Å². The molecular weight excluding hydrogens is 418 g/mol. The average Bonchev–Trinajstić information content (AvgIpc) is 2.83. The topological polar surface area (TPSA) is 85.7 Å². The molecule has 1 aliphatic rings. The molecule has 1 heterocycles. The van der Waals surface area contributed by atoms with Crippen molar-refractivity contribution < 1.29 is 18.9 Å². The second-order valence-electron chi connectivity index (χ2n) is 8.82. The van der Waals surface area contributed by atoms with E-state index in [1.807, 2.05) is 43.3 Å². The minimum atomic E-state index is -0.207. The Hall–Kier alpha value is -2.41. The fourth-order valence-electron chi connectivity index (χ4n) is 4.21. The highest BCUT2D eigenvalue weighted by Gasteiger charge is 2.43. The highest BCUT2D eigenvalue weighted by Crippen LogP contribution is 2.32. The lowest BCUT2D eigenvalue weighted by atomic mass is 9.87. The van der Waals surface area contributed by atoms with E-state index in [9.17, 15) is 0 Å². The first kappa shape index (κ1) is 25.2. The van der Waals surface area contributed by atoms with Crippen LogP contribution in [0.3, 0.4) is 0 Å². The Morgan fingerprint density at radius 2 is 1.52 bits per heavy atom. The summed E-state index contributed by atoms with van der Waals surface area (Å²) in [6.45, 7) is 8.59. The summed E-state index contributed by atoms with van der Waals surface area (Å²) in [5.74, 6) is 0.264. The zero-order valence-corrected chi connectivity index (χ0v) is 19.7. The molecule has 7 nitrogen and oxygen atoms in total. The predicted octanol–water partition coefficient (Wildman–Crippen LogP) is 5.54. The molecule has 1 saturated heterocycles. The van der Waals surface area contributed by atoms with Crippen LogP contribution in [0.2, 0.25) is 0 Å². The third-order valence-corrected chi connectivity index (χ3v) is 5.97. The Morgan fingerprint density at radius 3 is 2.09 bits per heavy atom. The van der Waals surface area contributed by atoms with E-state index < -0.39 is 0 Å². The van der Waals surface area contributed by atoms with Crippen LogP contribution in [-0.4, -0.2) is 44.2 Å². The molecule has 0 N–H and O–H groups in total. The SMILES string of the molecule is CC(CN=[N+]=[N-])COCC1O[C@H](C)C(OCc2ccccc2)[C@@H](C)[C@H]1OCc1ccccc1. The first-order chi connectivity index (χ1) is 16.1. The molecule has 3 rings (SSSR count). The van der Waals surface area contributed by atoms with Crippen molar-refractivity contribution in [3.63, 3.8) is 0 Å². The summed E-state index contributed by atoms with van der Waals surface area (Å²) in [6.07, 6.45) is -0.558. The van der Waals surface area contributed by atoms with Gasteiger partial charge in [-0.2, -0.15) is 0 Å². The van der Waals surface area contributed by atoms with E-state index in [0.29, 0.717) is 33.0 Å². The number of azide groups is 1. The van der Waals surface area contributed by atoms with Crippen LogP contribution in [0, 0.1) is 11.8 Å². The van der Waals surface area contributed by atoms with Crippen LogP contribution in [0.4, 0.5) is 0 Å². The lowest BCUT2D eigenvalue weighted by molar-refractivity contribution is -0.234. The molecule has 0 aliphatic carbocycles. The maximum absolute atomic E-state index is 8.50. The van der Waals surface area contributed by atoms with Gasteiger partial charge < -0.3 is 18.9 Å². The fourth-order valence-corrected chi connectivity index (χ4v) is 4.21. The van der Waals surface area contributed by atoms with Gasteiger partial charge in [0.2, 0.25) is 0 Å². The van der Waals surface area contributed by atoms with Crippen molar-refractivity contribution >= 4 is 0 Å². The molecule has 0 amide bonds. The van der Waals surface area contributed by atoms with E-state index in [1.165, 1.54) is 0 Å². The summed E-state index contributed by atoms with van der Waals surface area (Å²) in [5.41, 5.74) is 10.8. The summed E-state index contributed by atoms with van der Waals surface area (Å²) in [7, 11) is 0. The monoisotopic (exact) mass is 453 g/mol. The van der Waals surface area contributed by atoms with E-state index in [-0.39, 0.29) is 36.3 Å². The second-order valence-corrected chi connectivity index (χ2v) is 8.82. The van der Waals surface area contributed by atoms with Crippen molar-refractivity contribution in [3.05, 3.63) is 82.2 Å². The van der Waals surface area contributed by atoms with Gasteiger partial charge in [0.15, 0.2) is 0 Å². The molecule has 1 fully saturated rings. The summed E-state index contributed by atoms with van der Waals surface area (Å²) in [4.78, 5) is 2.82. The summed E-state index contributed by atoms with van der Waals surface area (Å²) in [5, 5.41) is 3.62. The molecule has 0 radical (unpaired) electrons. The summed E-state index contributed by atoms with van der Waals surface area (Å²) < 4.78 is 25.0. The van der Waals surface area contributed by atoms with Crippen molar-refractivity contribution in [3.8, 4) is 0 Å². The molecule has 7 heteroatoms. The first-order valence-corrected chi connectivity index (χ1v) is 11.6. The number of hydrogen-bond acceptors (Lipinski definition) is 5. The Balaban J connectivity index is 1.63. The summed E-state index contributed by atoms with van der Waals surface area (Å²) >= 11 is 0. The molecule has 0 saturated carbocycles. The van der Waals surface area contributed by atoms with Crippen LogP contribution in [-0.2, 0) is 32.2 Å². The van der Waals surface area contributed by atoms with Crippen LogP contribution in [0.5, 0.6) is 0 Å². The number of rotatable bonds is 12. The van der Waals surface area contributed by atoms with Gasteiger partial charge in [0.1, 0.15) is 6.10 Å². The van der Waals surface area contributed by atoms with Gasteiger partial charge in [0, 0.05) is 24.0 Å². The van der Waals surface area contributed by atoms with Crippen LogP contribution in [0.25, 0.3) is 10.4 Å². The third kappa shape index (κ3) is 7.84. The first-order valence-electron chi connectivity index (χ1n) is 11.6. The van der Waals surface area contributed by atoms with E-state index in [1.54, 1.807) is 0 Å². The van der Waals surface area contributed by atoms with E-state index in [0.717, 1.165) is 11.1 Å². The maximum Gasteiger partial charge on any atom is 0.108 e. The molecule has 2 aromatic carbocycles. The molecule has 3 unspecified atom stereocenters. The van der Waals surface area contributed by atoms with Gasteiger partial charge in [-0.1, -0.05) is 79.6 Å². The highest BCUT2D eigenvalue weighted by molar-refractivity contribution is 5.14. The number of hydrogen-bond donors (Lipinski definition) is 0. The highest BCUT2D eigenvalue weighted by atomic mass is 16.6. The van der Waals surface area contributed by atoms with E-state index >= 15 is 0 Å². The summed E-state index contributed by atoms with van der Waals surface area (Å²) in [6, 6.07) is 20.3. The number of benzene rings is 2. The molecule has 0 aromatic heterocycles. The lowest BCUT2D eigenvalue weighted by Gasteiger charge is -2.44. The molecule has 1 aliphatic heterocycles. The maximum atomic E-state index is 8.50. The molecular formula is C26H35N3O4. The normalized spacial score (nSPS) is 25.8. The minimum Gasteiger partial charge on any atom is -0.378 e. The van der Waals surface area contributed by atoms with Gasteiger partial charge in [-0.05, 0) is 29.5 Å². The molecule has 2 aromatic rings. The molecule has 0 bridgehead atoms. The Labute approximate surface area is 196 Å². The van der Waals surface area contributed by atoms with Crippen molar-refractivity contribution in [1.29, 1.82) is 0 Å². The van der Waals surface area contributed by atoms with Crippen LogP contribution < -0.4 is 0 Å². The van der Waals surface area contributed by atoms with E-state index in [4.69, 9.17) is 24.5 Å². The van der Waals surface area contributed by atoms with Gasteiger partial charge in [0.05, 0.1) is 38.1 Å². The average molecular weight is 454 g/mol. The Morgan fingerprint density at radius 1 is 0.939 bits per heavy atom. The smallest absolute Gasteiger partial charge is 0.108 e. The third-order valence-electron chi connectivity index (χ3n) is 5.97. The molecule has 6 atom stereocenters. The predicted molar refractivity (Wildman–Crippen MR) is 128 cm³/mol. The molecule has 33 heavy (non-hydrogen) atoms. The van der Waals surface area contributed by atoms with Crippen LogP contribution in [0.1, 0.15) is 31.9 Å². The van der Waals surface area contributed by atoms with Gasteiger partial charge in [0.25, 0.3) is 0 Å². The fraction of sp³-hybridized carbons (Fsp3) is 0.538. The number of nitrogens with zero attached hydrogens (tertiary/aromatic N) is 3. The Bertz CT molecular complexity index is 860. The molecule has 0 spiro atoms. The lowest BCUT2D eigenvalue weighted by Crippen LogP contribution is -2.55. The quantitative estimate of drug-likeness (QED) is 0.240. The zero-order chi connectivity index (χ0) is 23.5. The van der Waals surface area contributed by atoms with Gasteiger partial charge in [-0.15, -0.1) is 0 Å². The largest absolute Gasteiger partial charge is 0.378 e. The van der Waals surface area contributed by atoms with Gasteiger partial charge in [-0.3, -0.25) is 0 Å². The van der Waals surface area contributed by atoms with Crippen LogP contribution >= 0.6 is 0 Å². The zero-order valence-electron chi connectivity index (χ0n) is 19.7.